The molecule has 0 spiro atoms. The minimum Gasteiger partial charge on any atom is -0.456 e. The maximum atomic E-state index is 7.78. The molecule has 0 fully saturated rings. The lowest BCUT2D eigenvalue weighted by Crippen LogP contribution is -1.72. The Labute approximate surface area is 84.8 Å². The van der Waals surface area contributed by atoms with Gasteiger partial charge < -0.3 is 4.42 Å². The molecule has 0 unspecified atom stereocenters. The van der Waals surface area contributed by atoms with Crippen LogP contribution in [-0.2, 0) is 0 Å². The van der Waals surface area contributed by atoms with E-state index in [2.05, 4.69) is 0 Å². The molecule has 0 radical (unpaired) electrons. The first-order chi connectivity index (χ1) is 7.66. The molecule has 0 saturated carbocycles. The van der Waals surface area contributed by atoms with Crippen molar-refractivity contribution >= 4 is 21.9 Å². The lowest BCUT2D eigenvalue weighted by atomic mass is 10.1. The molecular weight excluding hydrogens is 172 g/mol. The number of benzene rings is 2. The molecular formula is C13H10O. The second-order valence-corrected chi connectivity index (χ2v) is 3.37. The van der Waals surface area contributed by atoms with Crippen LogP contribution in [0.25, 0.3) is 21.9 Å². The molecule has 14 heavy (non-hydrogen) atoms. The van der Waals surface area contributed by atoms with Crippen LogP contribution in [0.1, 0.15) is 8.30 Å². The molecule has 0 amide bonds. The largest absolute Gasteiger partial charge is 0.456 e. The van der Waals surface area contributed by atoms with Gasteiger partial charge in [0.1, 0.15) is 11.2 Å². The van der Waals surface area contributed by atoms with Crippen LogP contribution in [0.3, 0.4) is 0 Å². The van der Waals surface area contributed by atoms with Gasteiger partial charge in [0.25, 0.3) is 0 Å². The third-order valence-electron chi connectivity index (χ3n) is 2.47. The first-order valence-electron chi connectivity index (χ1n) is 5.56. The Morgan fingerprint density at radius 3 is 2.93 bits per heavy atom. The molecule has 0 aliphatic rings. The summed E-state index contributed by atoms with van der Waals surface area (Å²) in [4.78, 5) is 0. The smallest absolute Gasteiger partial charge is 0.135 e. The lowest BCUT2D eigenvalue weighted by molar-refractivity contribution is 0.669. The Hall–Kier alpha value is -1.76. The quantitative estimate of drug-likeness (QED) is 0.516. The number of furan rings is 1. The Balaban J connectivity index is 2.60. The van der Waals surface area contributed by atoms with Gasteiger partial charge in [0.15, 0.2) is 0 Å². The molecule has 2 aromatic carbocycles. The van der Waals surface area contributed by atoms with Crippen molar-refractivity contribution in [1.82, 2.24) is 0 Å². The van der Waals surface area contributed by atoms with Crippen LogP contribution in [0.5, 0.6) is 0 Å². The molecule has 1 heteroatoms. The maximum Gasteiger partial charge on any atom is 0.135 e. The number of fused-ring (bicyclic) bond motifs is 3. The van der Waals surface area contributed by atoms with Crippen molar-refractivity contribution in [2.45, 2.75) is 6.92 Å². The first kappa shape index (κ1) is 5.86. The van der Waals surface area contributed by atoms with E-state index in [0.717, 1.165) is 27.5 Å². The summed E-state index contributed by atoms with van der Waals surface area (Å²) in [6, 6.07) is 9.82. The summed E-state index contributed by atoms with van der Waals surface area (Å²) in [5, 5.41) is 1.88. The van der Waals surface area contributed by atoms with Crippen molar-refractivity contribution in [2.24, 2.45) is 0 Å². The predicted octanol–water partition coefficient (Wildman–Crippen LogP) is 3.89. The Morgan fingerprint density at radius 2 is 2.00 bits per heavy atom. The van der Waals surface area contributed by atoms with Crippen LogP contribution in [0, 0.1) is 6.92 Å². The number of hydrogen-bond donors (Lipinski definition) is 0. The molecule has 3 aromatic rings. The van der Waals surface area contributed by atoms with Gasteiger partial charge in [-0.15, -0.1) is 0 Å². The van der Waals surface area contributed by atoms with Gasteiger partial charge in [-0.25, -0.2) is 0 Å². The fourth-order valence-electron chi connectivity index (χ4n) is 1.82. The van der Waals surface area contributed by atoms with Gasteiger partial charge in [0, 0.05) is 10.8 Å². The summed E-state index contributed by atoms with van der Waals surface area (Å²) in [6.45, 7) is 1.91. The fourth-order valence-corrected chi connectivity index (χ4v) is 1.82. The zero-order valence-electron chi connectivity index (χ0n) is 9.79. The topological polar surface area (TPSA) is 13.1 Å². The maximum absolute atomic E-state index is 7.78. The van der Waals surface area contributed by atoms with Gasteiger partial charge in [-0.05, 0) is 24.6 Å². The number of aryl methyl sites for hydroxylation is 1. The Kier molecular flexibility index (Phi) is 1.09. The van der Waals surface area contributed by atoms with Crippen molar-refractivity contribution in [3.05, 3.63) is 48.0 Å². The SMILES string of the molecule is [2H]c1ccc2oc3ccc([2H])c(C)c3c2c1. The fraction of sp³-hybridized carbons (Fsp3) is 0.0769. The summed E-state index contributed by atoms with van der Waals surface area (Å²) < 4.78 is 21.1. The van der Waals surface area contributed by atoms with E-state index < -0.39 is 0 Å². The number of para-hydroxylation sites is 1. The predicted molar refractivity (Wildman–Crippen MR) is 58.5 cm³/mol. The molecule has 1 aromatic heterocycles. The second-order valence-electron chi connectivity index (χ2n) is 3.37. The van der Waals surface area contributed by atoms with E-state index in [9.17, 15) is 0 Å². The molecule has 0 aliphatic heterocycles. The van der Waals surface area contributed by atoms with Gasteiger partial charge >= 0.3 is 0 Å². The Bertz CT molecular complexity index is 698. The third kappa shape index (κ3) is 0.896. The summed E-state index contributed by atoms with van der Waals surface area (Å²) in [6.07, 6.45) is 0. The highest BCUT2D eigenvalue weighted by Crippen LogP contribution is 2.30. The summed E-state index contributed by atoms with van der Waals surface area (Å²) in [7, 11) is 0. The summed E-state index contributed by atoms with van der Waals surface area (Å²) >= 11 is 0. The molecule has 1 nitrogen and oxygen atoms in total. The minimum atomic E-state index is 0.463. The van der Waals surface area contributed by atoms with Crippen LogP contribution >= 0.6 is 0 Å². The third-order valence-corrected chi connectivity index (χ3v) is 2.47. The molecule has 3 rings (SSSR count). The van der Waals surface area contributed by atoms with Gasteiger partial charge in [-0.1, -0.05) is 30.3 Å². The van der Waals surface area contributed by atoms with Crippen LogP contribution in [0.4, 0.5) is 0 Å². The number of rotatable bonds is 0. The van der Waals surface area contributed by atoms with E-state index in [1.807, 2.05) is 13.0 Å². The number of hydrogen-bond acceptors (Lipinski definition) is 1. The van der Waals surface area contributed by atoms with E-state index >= 15 is 0 Å². The molecule has 0 aliphatic carbocycles. The summed E-state index contributed by atoms with van der Waals surface area (Å²) in [5.74, 6) is 0. The van der Waals surface area contributed by atoms with Crippen molar-refractivity contribution in [3.63, 3.8) is 0 Å². The van der Waals surface area contributed by atoms with E-state index in [0.29, 0.717) is 12.1 Å². The van der Waals surface area contributed by atoms with Gasteiger partial charge in [-0.3, -0.25) is 0 Å². The van der Waals surface area contributed by atoms with Crippen LogP contribution in [-0.4, -0.2) is 0 Å². The van der Waals surface area contributed by atoms with E-state index in [4.69, 9.17) is 7.16 Å². The summed E-state index contributed by atoms with van der Waals surface area (Å²) in [5.41, 5.74) is 2.47. The van der Waals surface area contributed by atoms with Crippen LogP contribution < -0.4 is 0 Å². The zero-order valence-corrected chi connectivity index (χ0v) is 7.79. The average molecular weight is 184 g/mol. The average Bonchev–Trinajstić information content (AvgIpc) is 2.62. The highest BCUT2D eigenvalue weighted by Gasteiger charge is 2.06. The van der Waals surface area contributed by atoms with Crippen LogP contribution in [0.2, 0.25) is 0 Å². The van der Waals surface area contributed by atoms with Crippen molar-refractivity contribution in [3.8, 4) is 0 Å². The van der Waals surface area contributed by atoms with Crippen molar-refractivity contribution in [1.29, 1.82) is 0 Å². The highest BCUT2D eigenvalue weighted by molar-refractivity contribution is 6.06. The Morgan fingerprint density at radius 1 is 1.14 bits per heavy atom. The normalized spacial score (nSPS) is 13.2. The highest BCUT2D eigenvalue weighted by atomic mass is 16.3. The van der Waals surface area contributed by atoms with Crippen molar-refractivity contribution in [2.75, 3.05) is 0 Å². The van der Waals surface area contributed by atoms with Gasteiger partial charge in [0.05, 0.1) is 2.74 Å². The molecule has 0 atom stereocenters. The van der Waals surface area contributed by atoms with Gasteiger partial charge in [-0.2, -0.15) is 0 Å². The zero-order chi connectivity index (χ0) is 11.3. The monoisotopic (exact) mass is 184 g/mol. The second kappa shape index (κ2) is 2.61. The van der Waals surface area contributed by atoms with Crippen LogP contribution in [0.15, 0.2) is 46.8 Å². The molecule has 0 saturated heterocycles. The molecule has 68 valence electrons. The van der Waals surface area contributed by atoms with E-state index in [1.165, 1.54) is 0 Å². The first-order valence-corrected chi connectivity index (χ1v) is 4.56. The molecule has 0 bridgehead atoms. The minimum absolute atomic E-state index is 0.463. The van der Waals surface area contributed by atoms with Crippen molar-refractivity contribution < 1.29 is 7.16 Å². The standard InChI is InChI=1S/C13H10O/c1-9-5-4-8-12-13(9)10-6-2-3-7-11(10)14-12/h2-8H,1H3/i2D,5D. The van der Waals surface area contributed by atoms with Gasteiger partial charge in [0.2, 0.25) is 0 Å². The lowest BCUT2D eigenvalue weighted by Gasteiger charge is -1.93. The van der Waals surface area contributed by atoms with E-state index in [1.54, 1.807) is 24.3 Å². The van der Waals surface area contributed by atoms with E-state index in [-0.39, 0.29) is 0 Å². The molecule has 0 N–H and O–H groups in total. The molecule has 1 heterocycles.